The minimum Gasteiger partial charge on any atom is -0.489 e. The Morgan fingerprint density at radius 3 is 2.61 bits per heavy atom. The number of halogens is 1. The molecule has 0 saturated heterocycles. The highest BCUT2D eigenvalue weighted by Crippen LogP contribution is 2.21. The van der Waals surface area contributed by atoms with Gasteiger partial charge in [0.2, 0.25) is 5.16 Å². The molecule has 0 amide bonds. The van der Waals surface area contributed by atoms with Crippen LogP contribution in [0.2, 0.25) is 5.02 Å². The molecule has 31 heavy (non-hydrogen) atoms. The quantitative estimate of drug-likeness (QED) is 0.245. The number of nitrogens with zero attached hydrogens (tertiary/aromatic N) is 4. The first-order valence-electron chi connectivity index (χ1n) is 9.76. The molecule has 0 fully saturated rings. The summed E-state index contributed by atoms with van der Waals surface area (Å²) in [6, 6.07) is 23.9. The zero-order valence-corrected chi connectivity index (χ0v) is 18.6. The summed E-state index contributed by atoms with van der Waals surface area (Å²) in [6.07, 6.45) is 3.38. The van der Waals surface area contributed by atoms with Gasteiger partial charge < -0.3 is 4.74 Å². The van der Waals surface area contributed by atoms with Gasteiger partial charge >= 0.3 is 0 Å². The van der Waals surface area contributed by atoms with Crippen LogP contribution in [-0.2, 0) is 12.4 Å². The Kier molecular flexibility index (Phi) is 7.02. The number of rotatable bonds is 8. The average molecular weight is 449 g/mol. The topological polar surface area (TPSA) is 52.3 Å². The molecule has 0 saturated carbocycles. The van der Waals surface area contributed by atoms with E-state index in [1.54, 1.807) is 29.0 Å². The maximum absolute atomic E-state index is 5.93. The van der Waals surface area contributed by atoms with Crippen LogP contribution in [0.1, 0.15) is 22.3 Å². The summed E-state index contributed by atoms with van der Waals surface area (Å²) < 4.78 is 7.57. The smallest absolute Gasteiger partial charge is 0.212 e. The van der Waals surface area contributed by atoms with E-state index in [1.807, 2.05) is 48.5 Å². The Hall–Kier alpha value is -3.09. The van der Waals surface area contributed by atoms with Gasteiger partial charge in [-0.2, -0.15) is 9.78 Å². The number of benzene rings is 3. The fourth-order valence-electron chi connectivity index (χ4n) is 2.79. The van der Waals surface area contributed by atoms with E-state index < -0.39 is 0 Å². The molecular weight excluding hydrogens is 428 g/mol. The normalized spacial score (nSPS) is 11.2. The molecule has 4 rings (SSSR count). The van der Waals surface area contributed by atoms with Gasteiger partial charge in [-0.25, -0.2) is 0 Å². The Morgan fingerprint density at radius 1 is 1.03 bits per heavy atom. The first kappa shape index (κ1) is 21.2. The summed E-state index contributed by atoms with van der Waals surface area (Å²) >= 11 is 7.53. The standard InChI is InChI=1S/C24H21ClN4OS/c1-18-5-7-20(8-6-18)16-31-24-28-26-17-29(24)27-14-21-3-2-4-23(13-21)30-15-19-9-11-22(25)12-10-19/h2-14,17H,15-16H2,1H3/b27-14+. The van der Waals surface area contributed by atoms with Crippen molar-refractivity contribution in [2.75, 3.05) is 0 Å². The van der Waals surface area contributed by atoms with Gasteiger partial charge in [-0.15, -0.1) is 10.2 Å². The molecule has 0 radical (unpaired) electrons. The zero-order valence-electron chi connectivity index (χ0n) is 17.0. The summed E-state index contributed by atoms with van der Waals surface area (Å²) in [5.74, 6) is 1.58. The van der Waals surface area contributed by atoms with E-state index in [1.165, 1.54) is 11.1 Å². The Bertz CT molecular complexity index is 1160. The van der Waals surface area contributed by atoms with Crippen molar-refractivity contribution in [2.45, 2.75) is 24.4 Å². The average Bonchev–Trinajstić information content (AvgIpc) is 3.25. The molecular formula is C24H21ClN4OS. The van der Waals surface area contributed by atoms with E-state index in [0.29, 0.717) is 11.6 Å². The third kappa shape index (κ3) is 6.20. The van der Waals surface area contributed by atoms with Crippen LogP contribution >= 0.6 is 23.4 Å². The molecule has 0 spiro atoms. The predicted molar refractivity (Wildman–Crippen MR) is 126 cm³/mol. The largest absolute Gasteiger partial charge is 0.489 e. The maximum Gasteiger partial charge on any atom is 0.212 e. The molecule has 0 bridgehead atoms. The lowest BCUT2D eigenvalue weighted by Gasteiger charge is -2.07. The molecule has 3 aromatic carbocycles. The van der Waals surface area contributed by atoms with E-state index in [9.17, 15) is 0 Å². The molecule has 4 aromatic rings. The van der Waals surface area contributed by atoms with Gasteiger partial charge in [0.15, 0.2) is 0 Å². The van der Waals surface area contributed by atoms with E-state index in [4.69, 9.17) is 16.3 Å². The van der Waals surface area contributed by atoms with E-state index in [2.05, 4.69) is 46.5 Å². The zero-order chi connectivity index (χ0) is 21.5. The molecule has 0 aliphatic heterocycles. The molecule has 5 nitrogen and oxygen atoms in total. The Morgan fingerprint density at radius 2 is 1.81 bits per heavy atom. The van der Waals surface area contributed by atoms with Crippen LogP contribution in [0.15, 0.2) is 89.4 Å². The molecule has 0 atom stereocenters. The van der Waals surface area contributed by atoms with Crippen LogP contribution in [0.25, 0.3) is 0 Å². The van der Waals surface area contributed by atoms with Gasteiger partial charge in [0.05, 0.1) is 6.21 Å². The lowest BCUT2D eigenvalue weighted by Crippen LogP contribution is -1.96. The van der Waals surface area contributed by atoms with E-state index in [0.717, 1.165) is 27.8 Å². The first-order valence-corrected chi connectivity index (χ1v) is 11.1. The SMILES string of the molecule is Cc1ccc(CSc2nncn2/N=C/c2cccc(OCc3ccc(Cl)cc3)c2)cc1. The highest BCUT2D eigenvalue weighted by Gasteiger charge is 2.05. The monoisotopic (exact) mass is 448 g/mol. The summed E-state index contributed by atoms with van der Waals surface area (Å²) in [4.78, 5) is 0. The molecule has 1 aromatic heterocycles. The summed E-state index contributed by atoms with van der Waals surface area (Å²) in [5.41, 5.74) is 4.47. The molecule has 1 heterocycles. The number of thioether (sulfide) groups is 1. The van der Waals surface area contributed by atoms with Gasteiger partial charge in [0, 0.05) is 10.8 Å². The van der Waals surface area contributed by atoms with Crippen molar-refractivity contribution in [2.24, 2.45) is 5.10 Å². The molecule has 0 N–H and O–H groups in total. The second kappa shape index (κ2) is 10.3. The van der Waals surface area contributed by atoms with Crippen LogP contribution in [0, 0.1) is 6.92 Å². The number of aromatic nitrogens is 3. The van der Waals surface area contributed by atoms with Crippen LogP contribution in [0.5, 0.6) is 5.75 Å². The number of aryl methyl sites for hydroxylation is 1. The number of hydrogen-bond acceptors (Lipinski definition) is 5. The van der Waals surface area contributed by atoms with Crippen LogP contribution in [0.4, 0.5) is 0 Å². The lowest BCUT2D eigenvalue weighted by molar-refractivity contribution is 0.306. The van der Waals surface area contributed by atoms with Gasteiger partial charge in [-0.3, -0.25) is 0 Å². The van der Waals surface area contributed by atoms with Gasteiger partial charge in [-0.1, -0.05) is 77.5 Å². The van der Waals surface area contributed by atoms with Crippen LogP contribution in [0.3, 0.4) is 0 Å². The molecule has 156 valence electrons. The number of ether oxygens (including phenoxy) is 1. The van der Waals surface area contributed by atoms with Crippen molar-refractivity contribution in [3.05, 3.63) is 106 Å². The fourth-order valence-corrected chi connectivity index (χ4v) is 3.73. The first-order chi connectivity index (χ1) is 15.2. The van der Waals surface area contributed by atoms with E-state index >= 15 is 0 Å². The highest BCUT2D eigenvalue weighted by atomic mass is 35.5. The van der Waals surface area contributed by atoms with E-state index in [-0.39, 0.29) is 0 Å². The second-order valence-corrected chi connectivity index (χ2v) is 8.34. The third-order valence-corrected chi connectivity index (χ3v) is 5.75. The number of hydrogen-bond donors (Lipinski definition) is 0. The predicted octanol–water partition coefficient (Wildman–Crippen LogP) is 5.99. The molecule has 7 heteroatoms. The highest BCUT2D eigenvalue weighted by molar-refractivity contribution is 7.98. The molecule has 0 aliphatic carbocycles. The lowest BCUT2D eigenvalue weighted by atomic mass is 10.2. The minimum atomic E-state index is 0.475. The van der Waals surface area contributed by atoms with Crippen molar-refractivity contribution in [3.63, 3.8) is 0 Å². The van der Waals surface area contributed by atoms with Crippen molar-refractivity contribution < 1.29 is 4.74 Å². The van der Waals surface area contributed by atoms with Gasteiger partial charge in [0.25, 0.3) is 0 Å². The van der Waals surface area contributed by atoms with Gasteiger partial charge in [-0.05, 0) is 47.9 Å². The summed E-state index contributed by atoms with van der Waals surface area (Å²) in [6.45, 7) is 2.56. The third-order valence-electron chi connectivity index (χ3n) is 4.50. The minimum absolute atomic E-state index is 0.475. The van der Waals surface area contributed by atoms with Crippen molar-refractivity contribution in [1.82, 2.24) is 14.9 Å². The van der Waals surface area contributed by atoms with Gasteiger partial charge in [0.1, 0.15) is 18.7 Å². The Labute approximate surface area is 190 Å². The second-order valence-electron chi connectivity index (χ2n) is 6.96. The maximum atomic E-state index is 5.93. The molecule has 0 unspecified atom stereocenters. The molecule has 0 aliphatic rings. The Balaban J connectivity index is 1.37. The fraction of sp³-hybridized carbons (Fsp3) is 0.125. The summed E-state index contributed by atoms with van der Waals surface area (Å²) in [7, 11) is 0. The van der Waals surface area contributed by atoms with Crippen LogP contribution in [-0.4, -0.2) is 21.1 Å². The summed E-state index contributed by atoms with van der Waals surface area (Å²) in [5, 5.41) is 14.1. The van der Waals surface area contributed by atoms with Crippen molar-refractivity contribution >= 4 is 29.6 Å². The van der Waals surface area contributed by atoms with Crippen molar-refractivity contribution in [1.29, 1.82) is 0 Å². The van der Waals surface area contributed by atoms with Crippen LogP contribution < -0.4 is 4.74 Å². The van der Waals surface area contributed by atoms with Crippen molar-refractivity contribution in [3.8, 4) is 5.75 Å².